The molecule has 1 saturated heterocycles. The van der Waals surface area contributed by atoms with Crippen molar-refractivity contribution >= 4 is 26.9 Å². The Morgan fingerprint density at radius 2 is 1.77 bits per heavy atom. The molecule has 0 bridgehead atoms. The minimum absolute atomic E-state index is 0.179. The number of carbonyl (C=O) groups is 1. The van der Waals surface area contributed by atoms with Gasteiger partial charge in [-0.1, -0.05) is 44.2 Å². The predicted molar refractivity (Wildman–Crippen MR) is 120 cm³/mol. The third-order valence-corrected chi connectivity index (χ3v) is 7.55. The Morgan fingerprint density at radius 3 is 2.48 bits per heavy atom. The molecule has 164 valence electrons. The van der Waals surface area contributed by atoms with E-state index in [1.165, 1.54) is 0 Å². The fourth-order valence-electron chi connectivity index (χ4n) is 4.30. The number of hydrogen-bond donors (Lipinski definition) is 1. The topological polar surface area (TPSA) is 79.6 Å². The van der Waals surface area contributed by atoms with E-state index < -0.39 is 10.0 Å². The maximum atomic E-state index is 13.2. The molecule has 1 aromatic heterocycles. The third-order valence-electron chi connectivity index (χ3n) is 5.73. The highest BCUT2D eigenvalue weighted by molar-refractivity contribution is 7.89. The van der Waals surface area contributed by atoms with Crippen LogP contribution in [-0.4, -0.2) is 38.3 Å². The van der Waals surface area contributed by atoms with Crippen LogP contribution >= 0.6 is 0 Å². The van der Waals surface area contributed by atoms with Gasteiger partial charge in [0.15, 0.2) is 5.76 Å². The minimum Gasteiger partial charge on any atom is -0.451 e. The van der Waals surface area contributed by atoms with Gasteiger partial charge in [-0.25, -0.2) is 8.42 Å². The van der Waals surface area contributed by atoms with Gasteiger partial charge in [-0.3, -0.25) is 4.79 Å². The monoisotopic (exact) mass is 440 g/mol. The largest absolute Gasteiger partial charge is 0.451 e. The van der Waals surface area contributed by atoms with Gasteiger partial charge in [-0.05, 0) is 54.5 Å². The summed E-state index contributed by atoms with van der Waals surface area (Å²) in [5.41, 5.74) is 1.64. The van der Waals surface area contributed by atoms with Crippen molar-refractivity contribution < 1.29 is 17.6 Å². The smallest absolute Gasteiger partial charge is 0.287 e. The van der Waals surface area contributed by atoms with Crippen LogP contribution in [0.2, 0.25) is 0 Å². The van der Waals surface area contributed by atoms with Crippen LogP contribution in [0.15, 0.2) is 63.9 Å². The summed E-state index contributed by atoms with van der Waals surface area (Å²) in [5.74, 6) is 0.540. The maximum absolute atomic E-state index is 13.2. The Bertz CT molecular complexity index is 1160. The fourth-order valence-corrected chi connectivity index (χ4v) is 6.01. The molecule has 31 heavy (non-hydrogen) atoms. The molecule has 1 aliphatic rings. The second-order valence-electron chi connectivity index (χ2n) is 8.57. The summed E-state index contributed by atoms with van der Waals surface area (Å²) in [4.78, 5) is 12.7. The van der Waals surface area contributed by atoms with Crippen LogP contribution in [0, 0.1) is 11.8 Å². The number of hydrogen-bond acceptors (Lipinski definition) is 4. The van der Waals surface area contributed by atoms with E-state index in [1.807, 2.05) is 30.3 Å². The normalized spacial score (nSPS) is 20.1. The lowest BCUT2D eigenvalue weighted by Crippen LogP contribution is -2.42. The molecule has 1 aliphatic heterocycles. The maximum Gasteiger partial charge on any atom is 0.287 e. The molecule has 6 nitrogen and oxygen atoms in total. The first-order valence-corrected chi connectivity index (χ1v) is 12.1. The zero-order valence-corrected chi connectivity index (χ0v) is 18.7. The average Bonchev–Trinajstić information content (AvgIpc) is 3.17. The summed E-state index contributed by atoms with van der Waals surface area (Å²) < 4.78 is 33.5. The number of carbonyl (C=O) groups excluding carboxylic acids is 1. The van der Waals surface area contributed by atoms with Gasteiger partial charge in [0.25, 0.3) is 5.91 Å². The van der Waals surface area contributed by atoms with Gasteiger partial charge in [-0.2, -0.15) is 4.31 Å². The zero-order chi connectivity index (χ0) is 22.0. The highest BCUT2D eigenvalue weighted by atomic mass is 32.2. The Morgan fingerprint density at radius 1 is 1.06 bits per heavy atom. The summed E-state index contributed by atoms with van der Waals surface area (Å²) in [7, 11) is -3.58. The van der Waals surface area contributed by atoms with Gasteiger partial charge in [0, 0.05) is 25.0 Å². The van der Waals surface area contributed by atoms with Gasteiger partial charge < -0.3 is 9.73 Å². The van der Waals surface area contributed by atoms with Gasteiger partial charge in [0.1, 0.15) is 5.58 Å². The van der Waals surface area contributed by atoms with Crippen molar-refractivity contribution in [2.45, 2.75) is 31.6 Å². The molecule has 2 atom stereocenters. The lowest BCUT2D eigenvalue weighted by atomic mass is 9.94. The van der Waals surface area contributed by atoms with Crippen LogP contribution in [0.3, 0.4) is 0 Å². The predicted octanol–water partition coefficient (Wildman–Crippen LogP) is 4.07. The number of rotatable bonds is 6. The van der Waals surface area contributed by atoms with Crippen LogP contribution in [0.5, 0.6) is 0 Å². The molecule has 3 aromatic rings. The van der Waals surface area contributed by atoms with Crippen molar-refractivity contribution in [1.29, 1.82) is 0 Å². The number of piperidine rings is 1. The van der Waals surface area contributed by atoms with E-state index in [1.54, 1.807) is 28.6 Å². The molecule has 0 aliphatic carbocycles. The summed E-state index contributed by atoms with van der Waals surface area (Å²) in [5, 5.41) is 3.46. The molecule has 0 spiro atoms. The highest BCUT2D eigenvalue weighted by Crippen LogP contribution is 2.29. The van der Waals surface area contributed by atoms with Crippen molar-refractivity contribution in [2.75, 3.05) is 19.6 Å². The number of nitrogens with zero attached hydrogens (tertiary/aromatic N) is 1. The number of nitrogens with one attached hydrogen (secondary N) is 1. The molecule has 1 amide bonds. The molecular weight excluding hydrogens is 412 g/mol. The first-order chi connectivity index (χ1) is 14.8. The molecule has 2 unspecified atom stereocenters. The van der Waals surface area contributed by atoms with Crippen molar-refractivity contribution in [3.8, 4) is 0 Å². The van der Waals surface area contributed by atoms with Crippen LogP contribution in [-0.2, 0) is 16.4 Å². The number of furan rings is 1. The summed E-state index contributed by atoms with van der Waals surface area (Å²) in [6.45, 7) is 5.72. The fraction of sp³-hybridized carbons (Fsp3) is 0.375. The van der Waals surface area contributed by atoms with Crippen molar-refractivity contribution in [3.05, 3.63) is 65.9 Å². The van der Waals surface area contributed by atoms with E-state index >= 15 is 0 Å². The Balaban J connectivity index is 1.48. The molecule has 4 rings (SSSR count). The molecule has 2 heterocycles. The van der Waals surface area contributed by atoms with Crippen LogP contribution in [0.1, 0.15) is 36.4 Å². The van der Waals surface area contributed by atoms with E-state index in [0.29, 0.717) is 42.4 Å². The summed E-state index contributed by atoms with van der Waals surface area (Å²) >= 11 is 0. The van der Waals surface area contributed by atoms with Gasteiger partial charge >= 0.3 is 0 Å². The Labute approximate surface area is 183 Å². The molecule has 0 saturated carbocycles. The van der Waals surface area contributed by atoms with Crippen LogP contribution in [0.25, 0.3) is 11.0 Å². The van der Waals surface area contributed by atoms with E-state index in [0.717, 1.165) is 18.4 Å². The first kappa shape index (κ1) is 21.6. The number of sulfonamides is 1. The molecule has 7 heteroatoms. The summed E-state index contributed by atoms with van der Waals surface area (Å²) in [6.07, 6.45) is 1.76. The second kappa shape index (κ2) is 8.85. The van der Waals surface area contributed by atoms with E-state index in [2.05, 4.69) is 19.2 Å². The Hall–Kier alpha value is -2.64. The number of benzene rings is 2. The first-order valence-electron chi connectivity index (χ1n) is 10.7. The van der Waals surface area contributed by atoms with Crippen LogP contribution < -0.4 is 5.32 Å². The number of fused-ring (bicyclic) bond motifs is 1. The average molecular weight is 441 g/mol. The summed E-state index contributed by atoms with van der Waals surface area (Å²) in [6, 6.07) is 16.3. The van der Waals surface area contributed by atoms with Gasteiger partial charge in [0.2, 0.25) is 10.0 Å². The molecule has 1 fully saturated rings. The SMILES string of the molecule is CC1CC(C)CN(S(=O)(=O)c2ccc3oc(C(=O)NCCc4ccccc4)cc3c2)C1. The van der Waals surface area contributed by atoms with Gasteiger partial charge in [0.05, 0.1) is 4.90 Å². The molecular formula is C24H28N2O4S. The van der Waals surface area contributed by atoms with Crippen molar-refractivity contribution in [1.82, 2.24) is 9.62 Å². The number of amides is 1. The lowest BCUT2D eigenvalue weighted by Gasteiger charge is -2.34. The molecule has 2 aromatic carbocycles. The minimum atomic E-state index is -3.58. The van der Waals surface area contributed by atoms with Crippen molar-refractivity contribution in [2.24, 2.45) is 11.8 Å². The van der Waals surface area contributed by atoms with E-state index in [4.69, 9.17) is 4.42 Å². The van der Waals surface area contributed by atoms with E-state index in [-0.39, 0.29) is 16.6 Å². The third kappa shape index (κ3) is 4.83. The van der Waals surface area contributed by atoms with E-state index in [9.17, 15) is 13.2 Å². The Kier molecular flexibility index (Phi) is 6.16. The second-order valence-corrected chi connectivity index (χ2v) is 10.5. The highest BCUT2D eigenvalue weighted by Gasteiger charge is 2.32. The van der Waals surface area contributed by atoms with Crippen molar-refractivity contribution in [3.63, 3.8) is 0 Å². The molecule has 0 radical (unpaired) electrons. The standard InChI is InChI=1S/C24H28N2O4S/c1-17-12-18(2)16-26(15-17)31(28,29)21-8-9-22-20(13-21)14-23(30-22)24(27)25-11-10-19-6-4-3-5-7-19/h3-9,13-14,17-18H,10-12,15-16H2,1-2H3,(H,25,27). The quantitative estimate of drug-likeness (QED) is 0.627. The van der Waals surface area contributed by atoms with Gasteiger partial charge in [-0.15, -0.1) is 0 Å². The zero-order valence-electron chi connectivity index (χ0n) is 17.9. The van der Waals surface area contributed by atoms with Crippen LogP contribution in [0.4, 0.5) is 0 Å². The lowest BCUT2D eigenvalue weighted by molar-refractivity contribution is 0.0928. The molecule has 1 N–H and O–H groups in total.